The molecule has 0 fully saturated rings. The van der Waals surface area contributed by atoms with Gasteiger partial charge in [-0.2, -0.15) is 0 Å². The van der Waals surface area contributed by atoms with E-state index in [9.17, 15) is 4.79 Å². The highest BCUT2D eigenvalue weighted by atomic mass is 35.5. The molecule has 34 heavy (non-hydrogen) atoms. The van der Waals surface area contributed by atoms with Gasteiger partial charge in [-0.25, -0.2) is 0 Å². The average molecular weight is 493 g/mol. The van der Waals surface area contributed by atoms with Gasteiger partial charge in [-0.1, -0.05) is 53.7 Å². The summed E-state index contributed by atoms with van der Waals surface area (Å²) in [5.41, 5.74) is 4.52. The fourth-order valence-corrected chi connectivity index (χ4v) is 4.61. The van der Waals surface area contributed by atoms with Crippen LogP contribution in [0.25, 0.3) is 17.1 Å². The van der Waals surface area contributed by atoms with Crippen LogP contribution in [0.4, 0.5) is 5.69 Å². The zero-order chi connectivity index (χ0) is 24.2. The predicted octanol–water partition coefficient (Wildman–Crippen LogP) is 6.33. The van der Waals surface area contributed by atoms with Gasteiger partial charge in [0.1, 0.15) is 5.75 Å². The Morgan fingerprint density at radius 1 is 1.00 bits per heavy atom. The van der Waals surface area contributed by atoms with E-state index in [1.807, 2.05) is 92.1 Å². The lowest BCUT2D eigenvalue weighted by molar-refractivity contribution is -0.115. The summed E-state index contributed by atoms with van der Waals surface area (Å²) in [5.74, 6) is 1.19. The molecule has 0 bridgehead atoms. The summed E-state index contributed by atoms with van der Waals surface area (Å²) < 4.78 is 7.47. The smallest absolute Gasteiger partial charge is 0.237 e. The highest BCUT2D eigenvalue weighted by Crippen LogP contribution is 2.35. The number of methoxy groups -OCH3 is 1. The minimum absolute atomic E-state index is 0.105. The summed E-state index contributed by atoms with van der Waals surface area (Å²) in [4.78, 5) is 13.1. The van der Waals surface area contributed by atoms with Gasteiger partial charge in [0.05, 0.1) is 17.9 Å². The van der Waals surface area contributed by atoms with Crippen molar-refractivity contribution in [1.29, 1.82) is 0 Å². The SMILES string of the molecule is COc1ccccc1-c1nnc(SC(C)C(=O)Nc2c(C)cccc2C)n1-c1ccc(Cl)cc1. The molecule has 174 valence electrons. The number of benzene rings is 3. The normalized spacial score (nSPS) is 11.8. The largest absolute Gasteiger partial charge is 0.496 e. The molecule has 4 rings (SSSR count). The monoisotopic (exact) mass is 492 g/mol. The molecule has 0 radical (unpaired) electrons. The zero-order valence-electron chi connectivity index (χ0n) is 19.4. The number of rotatable bonds is 7. The number of thioether (sulfide) groups is 1. The fraction of sp³-hybridized carbons (Fsp3) is 0.192. The summed E-state index contributed by atoms with van der Waals surface area (Å²) >= 11 is 7.47. The van der Waals surface area contributed by atoms with Gasteiger partial charge >= 0.3 is 0 Å². The van der Waals surface area contributed by atoms with Crippen LogP contribution in [0.1, 0.15) is 18.1 Å². The maximum Gasteiger partial charge on any atom is 0.237 e. The maximum atomic E-state index is 13.1. The minimum Gasteiger partial charge on any atom is -0.496 e. The number of aromatic nitrogens is 3. The first-order chi connectivity index (χ1) is 16.4. The molecular formula is C26H25ClN4O2S. The molecule has 1 heterocycles. The molecule has 0 spiro atoms. The van der Waals surface area contributed by atoms with Crippen molar-refractivity contribution in [2.24, 2.45) is 0 Å². The lowest BCUT2D eigenvalue weighted by atomic mass is 10.1. The second-order valence-corrected chi connectivity index (χ2v) is 9.58. The van der Waals surface area contributed by atoms with Crippen LogP contribution in [0.15, 0.2) is 71.9 Å². The van der Waals surface area contributed by atoms with Gasteiger partial charge in [0, 0.05) is 16.4 Å². The molecule has 0 aliphatic heterocycles. The third-order valence-corrected chi connectivity index (χ3v) is 6.74. The standard InChI is InChI=1S/C26H25ClN4O2S/c1-16-8-7-9-17(2)23(16)28-25(32)18(3)34-26-30-29-24(21-10-5-6-11-22(21)33-4)31(26)20-14-12-19(27)13-15-20/h5-15,18H,1-4H3,(H,28,32). The van der Waals surface area contributed by atoms with Crippen molar-refractivity contribution in [3.63, 3.8) is 0 Å². The Bertz CT molecular complexity index is 1300. The molecule has 8 heteroatoms. The molecule has 0 saturated heterocycles. The van der Waals surface area contributed by atoms with E-state index in [0.29, 0.717) is 21.8 Å². The molecule has 1 N–H and O–H groups in total. The van der Waals surface area contributed by atoms with Crippen molar-refractivity contribution in [2.45, 2.75) is 31.2 Å². The number of anilines is 1. The van der Waals surface area contributed by atoms with E-state index >= 15 is 0 Å². The highest BCUT2D eigenvalue weighted by molar-refractivity contribution is 8.00. The number of hydrogen-bond donors (Lipinski definition) is 1. The molecule has 1 amide bonds. The van der Waals surface area contributed by atoms with Crippen molar-refractivity contribution in [3.05, 3.63) is 82.9 Å². The van der Waals surface area contributed by atoms with E-state index in [1.165, 1.54) is 11.8 Å². The first-order valence-corrected chi connectivity index (χ1v) is 12.0. The number of amides is 1. The van der Waals surface area contributed by atoms with Crippen LogP contribution < -0.4 is 10.1 Å². The van der Waals surface area contributed by atoms with Crippen LogP contribution in [0.3, 0.4) is 0 Å². The topological polar surface area (TPSA) is 69.0 Å². The Kier molecular flexibility index (Phi) is 7.24. The number of ether oxygens (including phenoxy) is 1. The molecule has 3 aromatic carbocycles. The van der Waals surface area contributed by atoms with Crippen molar-refractivity contribution < 1.29 is 9.53 Å². The minimum atomic E-state index is -0.417. The molecule has 6 nitrogen and oxygen atoms in total. The van der Waals surface area contributed by atoms with Gasteiger partial charge in [-0.05, 0) is 68.3 Å². The third kappa shape index (κ3) is 4.95. The predicted molar refractivity (Wildman–Crippen MR) is 138 cm³/mol. The first kappa shape index (κ1) is 23.9. The van der Waals surface area contributed by atoms with Crippen LogP contribution in [-0.4, -0.2) is 33.0 Å². The van der Waals surface area contributed by atoms with Crippen LogP contribution in [0, 0.1) is 13.8 Å². The summed E-state index contributed by atoms with van der Waals surface area (Å²) in [6.45, 7) is 5.82. The van der Waals surface area contributed by atoms with Gasteiger partial charge in [0.15, 0.2) is 11.0 Å². The molecule has 4 aromatic rings. The number of para-hydroxylation sites is 2. The fourth-order valence-electron chi connectivity index (χ4n) is 3.62. The van der Waals surface area contributed by atoms with E-state index in [2.05, 4.69) is 15.5 Å². The first-order valence-electron chi connectivity index (χ1n) is 10.8. The lowest BCUT2D eigenvalue weighted by Crippen LogP contribution is -2.23. The van der Waals surface area contributed by atoms with Crippen molar-refractivity contribution in [2.75, 3.05) is 12.4 Å². The number of hydrogen-bond acceptors (Lipinski definition) is 5. The van der Waals surface area contributed by atoms with Crippen molar-refractivity contribution >= 4 is 35.0 Å². The third-order valence-electron chi connectivity index (χ3n) is 5.45. The Morgan fingerprint density at radius 2 is 1.68 bits per heavy atom. The Labute approximate surface area is 208 Å². The van der Waals surface area contributed by atoms with Crippen LogP contribution in [0.5, 0.6) is 5.75 Å². The van der Waals surface area contributed by atoms with Crippen LogP contribution in [-0.2, 0) is 4.79 Å². The van der Waals surface area contributed by atoms with Gasteiger partial charge in [-0.3, -0.25) is 9.36 Å². The molecule has 1 atom stereocenters. The van der Waals surface area contributed by atoms with Crippen LogP contribution in [0.2, 0.25) is 5.02 Å². The second-order valence-electron chi connectivity index (χ2n) is 7.83. The van der Waals surface area contributed by atoms with Gasteiger partial charge in [-0.15, -0.1) is 10.2 Å². The Balaban J connectivity index is 1.70. The summed E-state index contributed by atoms with van der Waals surface area (Å²) in [6.07, 6.45) is 0. The maximum absolute atomic E-state index is 13.1. The molecule has 1 unspecified atom stereocenters. The van der Waals surface area contributed by atoms with Crippen molar-refractivity contribution in [3.8, 4) is 22.8 Å². The Hall–Kier alpha value is -3.29. The van der Waals surface area contributed by atoms with E-state index in [1.54, 1.807) is 7.11 Å². The van der Waals surface area contributed by atoms with E-state index < -0.39 is 5.25 Å². The Morgan fingerprint density at radius 3 is 2.35 bits per heavy atom. The number of nitrogens with zero attached hydrogens (tertiary/aromatic N) is 3. The van der Waals surface area contributed by atoms with Crippen molar-refractivity contribution in [1.82, 2.24) is 14.8 Å². The van der Waals surface area contributed by atoms with Gasteiger partial charge in [0.25, 0.3) is 0 Å². The number of carbonyl (C=O) groups is 1. The lowest BCUT2D eigenvalue weighted by Gasteiger charge is -2.16. The van der Waals surface area contributed by atoms with Gasteiger partial charge < -0.3 is 10.1 Å². The second kappa shape index (κ2) is 10.3. The average Bonchev–Trinajstić information content (AvgIpc) is 3.25. The zero-order valence-corrected chi connectivity index (χ0v) is 20.9. The highest BCUT2D eigenvalue weighted by Gasteiger charge is 2.24. The van der Waals surface area contributed by atoms with Crippen LogP contribution >= 0.6 is 23.4 Å². The number of aryl methyl sites for hydroxylation is 2. The number of nitrogens with one attached hydrogen (secondary N) is 1. The molecule has 0 aliphatic carbocycles. The molecule has 1 aromatic heterocycles. The van der Waals surface area contributed by atoms with Gasteiger partial charge in [0.2, 0.25) is 5.91 Å². The summed E-state index contributed by atoms with van der Waals surface area (Å²) in [7, 11) is 1.62. The van der Waals surface area contributed by atoms with E-state index in [0.717, 1.165) is 28.1 Å². The summed E-state index contributed by atoms with van der Waals surface area (Å²) in [5, 5.41) is 12.8. The molecule has 0 aliphatic rings. The van der Waals surface area contributed by atoms with E-state index in [-0.39, 0.29) is 5.91 Å². The molecular weight excluding hydrogens is 468 g/mol. The molecule has 0 saturated carbocycles. The summed E-state index contributed by atoms with van der Waals surface area (Å²) in [6, 6.07) is 21.0. The van der Waals surface area contributed by atoms with E-state index in [4.69, 9.17) is 16.3 Å². The quantitative estimate of drug-likeness (QED) is 0.305. The number of halogens is 1. The number of carbonyl (C=O) groups excluding carboxylic acids is 1.